The fourth-order valence-electron chi connectivity index (χ4n) is 2.20. The fraction of sp³-hybridized carbons (Fsp3) is 0.333. The number of nitrogens with zero attached hydrogens (tertiary/aromatic N) is 1. The fourth-order valence-corrected chi connectivity index (χ4v) is 2.20. The molecule has 2 nitrogen and oxygen atoms in total. The number of aryl methyl sites for hydroxylation is 1. The highest BCUT2D eigenvalue weighted by atomic mass is 15.1. The van der Waals surface area contributed by atoms with Gasteiger partial charge in [-0.3, -0.25) is 0 Å². The van der Waals surface area contributed by atoms with Crippen LogP contribution in [0.2, 0.25) is 0 Å². The lowest BCUT2D eigenvalue weighted by Crippen LogP contribution is -2.22. The largest absolute Gasteiger partial charge is 0.345 e. The Labute approximate surface area is 122 Å². The Bertz CT molecular complexity index is 547. The van der Waals surface area contributed by atoms with Crippen molar-refractivity contribution in [3.8, 4) is 0 Å². The van der Waals surface area contributed by atoms with E-state index in [4.69, 9.17) is 0 Å². The number of para-hydroxylation sites is 1. The third-order valence-corrected chi connectivity index (χ3v) is 3.56. The topological polar surface area (TPSA) is 15.3 Å². The molecular weight excluding hydrogens is 244 g/mol. The summed E-state index contributed by atoms with van der Waals surface area (Å²) in [4.78, 5) is 2.21. The summed E-state index contributed by atoms with van der Waals surface area (Å²) < 4.78 is 0. The molecule has 0 spiro atoms. The van der Waals surface area contributed by atoms with Crippen LogP contribution < -0.4 is 10.2 Å². The van der Waals surface area contributed by atoms with E-state index in [1.54, 1.807) is 0 Å². The van der Waals surface area contributed by atoms with Crippen molar-refractivity contribution in [2.24, 2.45) is 0 Å². The van der Waals surface area contributed by atoms with Crippen molar-refractivity contribution in [1.82, 2.24) is 5.32 Å². The summed E-state index contributed by atoms with van der Waals surface area (Å²) >= 11 is 0. The summed E-state index contributed by atoms with van der Waals surface area (Å²) in [6.45, 7) is 7.46. The van der Waals surface area contributed by atoms with Crippen LogP contribution in [0.25, 0.3) is 0 Å². The second-order valence-corrected chi connectivity index (χ2v) is 5.54. The van der Waals surface area contributed by atoms with Gasteiger partial charge < -0.3 is 10.2 Å². The molecule has 0 aliphatic heterocycles. The molecule has 2 aromatic rings. The molecule has 0 aliphatic rings. The molecule has 0 saturated heterocycles. The zero-order valence-corrected chi connectivity index (χ0v) is 12.9. The van der Waals surface area contributed by atoms with Crippen LogP contribution in [-0.4, -0.2) is 13.1 Å². The molecule has 2 rings (SSSR count). The van der Waals surface area contributed by atoms with E-state index < -0.39 is 0 Å². The zero-order chi connectivity index (χ0) is 14.5. The van der Waals surface area contributed by atoms with E-state index in [0.29, 0.717) is 6.04 Å². The van der Waals surface area contributed by atoms with Gasteiger partial charge in [0.25, 0.3) is 0 Å². The van der Waals surface area contributed by atoms with Crippen LogP contribution in [0, 0.1) is 6.92 Å². The Morgan fingerprint density at radius 2 is 1.70 bits per heavy atom. The summed E-state index contributed by atoms with van der Waals surface area (Å²) in [7, 11) is 2.11. The molecule has 0 unspecified atom stereocenters. The van der Waals surface area contributed by atoms with E-state index in [-0.39, 0.29) is 0 Å². The summed E-state index contributed by atoms with van der Waals surface area (Å²) in [5, 5.41) is 3.47. The lowest BCUT2D eigenvalue weighted by molar-refractivity contribution is 0.587. The predicted molar refractivity (Wildman–Crippen MR) is 87.7 cm³/mol. The molecule has 20 heavy (non-hydrogen) atoms. The van der Waals surface area contributed by atoms with Gasteiger partial charge in [-0.05, 0) is 42.3 Å². The Morgan fingerprint density at radius 1 is 1.00 bits per heavy atom. The molecule has 2 heteroatoms. The molecule has 2 aromatic carbocycles. The van der Waals surface area contributed by atoms with Crippen LogP contribution in [0.3, 0.4) is 0 Å². The van der Waals surface area contributed by atoms with Crippen LogP contribution in [0.1, 0.15) is 25.0 Å². The van der Waals surface area contributed by atoms with E-state index in [1.165, 1.54) is 22.5 Å². The van der Waals surface area contributed by atoms with Gasteiger partial charge in [0.2, 0.25) is 0 Å². The van der Waals surface area contributed by atoms with Crippen molar-refractivity contribution >= 4 is 11.4 Å². The van der Waals surface area contributed by atoms with Crippen molar-refractivity contribution < 1.29 is 0 Å². The molecule has 0 aromatic heterocycles. The summed E-state index contributed by atoms with van der Waals surface area (Å²) in [6, 6.07) is 17.6. The minimum absolute atomic E-state index is 0.515. The molecule has 0 radical (unpaired) electrons. The van der Waals surface area contributed by atoms with Gasteiger partial charge in [0.05, 0.1) is 0 Å². The zero-order valence-electron chi connectivity index (χ0n) is 12.9. The second kappa shape index (κ2) is 6.58. The van der Waals surface area contributed by atoms with Gasteiger partial charge in [0.15, 0.2) is 0 Å². The molecule has 0 aliphatic carbocycles. The number of nitrogens with one attached hydrogen (secondary N) is 1. The SMILES string of the molecule is Cc1cc(N(C)c2ccccc2)ccc1CNC(C)C. The monoisotopic (exact) mass is 268 g/mol. The van der Waals surface area contributed by atoms with Gasteiger partial charge in [0.1, 0.15) is 0 Å². The average Bonchev–Trinajstić information content (AvgIpc) is 2.46. The van der Waals surface area contributed by atoms with Crippen LogP contribution in [-0.2, 0) is 6.54 Å². The lowest BCUT2D eigenvalue weighted by Gasteiger charge is -2.21. The van der Waals surface area contributed by atoms with Crippen molar-refractivity contribution in [2.75, 3.05) is 11.9 Å². The molecule has 1 N–H and O–H groups in total. The average molecular weight is 268 g/mol. The molecule has 106 valence electrons. The highest BCUT2D eigenvalue weighted by molar-refractivity contribution is 5.63. The van der Waals surface area contributed by atoms with Gasteiger partial charge in [-0.1, -0.05) is 38.1 Å². The van der Waals surface area contributed by atoms with Crippen molar-refractivity contribution in [3.63, 3.8) is 0 Å². The second-order valence-electron chi connectivity index (χ2n) is 5.54. The Balaban J connectivity index is 2.16. The molecule has 0 heterocycles. The van der Waals surface area contributed by atoms with E-state index in [9.17, 15) is 0 Å². The summed E-state index contributed by atoms with van der Waals surface area (Å²) in [5.74, 6) is 0. The highest BCUT2D eigenvalue weighted by Gasteiger charge is 2.06. The molecule has 0 atom stereocenters. The van der Waals surface area contributed by atoms with E-state index in [1.807, 2.05) is 6.07 Å². The summed E-state index contributed by atoms with van der Waals surface area (Å²) in [5.41, 5.74) is 5.13. The molecular formula is C18H24N2. The maximum atomic E-state index is 3.47. The predicted octanol–water partition coefficient (Wildman–Crippen LogP) is 4.26. The first-order chi connectivity index (χ1) is 9.58. The number of hydrogen-bond acceptors (Lipinski definition) is 2. The van der Waals surface area contributed by atoms with Crippen molar-refractivity contribution in [2.45, 2.75) is 33.4 Å². The maximum absolute atomic E-state index is 3.47. The molecule has 0 fully saturated rings. The van der Waals surface area contributed by atoms with Gasteiger partial charge in [-0.15, -0.1) is 0 Å². The van der Waals surface area contributed by atoms with E-state index >= 15 is 0 Å². The Kier molecular flexibility index (Phi) is 4.80. The number of anilines is 2. The highest BCUT2D eigenvalue weighted by Crippen LogP contribution is 2.25. The van der Waals surface area contributed by atoms with Crippen LogP contribution in [0.15, 0.2) is 48.5 Å². The number of hydrogen-bond donors (Lipinski definition) is 1. The maximum Gasteiger partial charge on any atom is 0.0410 e. The Hall–Kier alpha value is -1.80. The Morgan fingerprint density at radius 3 is 2.30 bits per heavy atom. The van der Waals surface area contributed by atoms with Crippen molar-refractivity contribution in [1.29, 1.82) is 0 Å². The minimum Gasteiger partial charge on any atom is -0.345 e. The third kappa shape index (κ3) is 3.61. The van der Waals surface area contributed by atoms with Gasteiger partial charge in [0, 0.05) is 31.0 Å². The molecule has 0 amide bonds. The minimum atomic E-state index is 0.515. The standard InChI is InChI=1S/C18H24N2/c1-14(2)19-13-16-10-11-18(12-15(16)3)20(4)17-8-6-5-7-9-17/h5-12,14,19H,13H2,1-4H3. The van der Waals surface area contributed by atoms with E-state index in [0.717, 1.165) is 6.54 Å². The lowest BCUT2D eigenvalue weighted by atomic mass is 10.1. The van der Waals surface area contributed by atoms with Crippen molar-refractivity contribution in [3.05, 3.63) is 59.7 Å². The number of benzene rings is 2. The third-order valence-electron chi connectivity index (χ3n) is 3.56. The first kappa shape index (κ1) is 14.6. The smallest absolute Gasteiger partial charge is 0.0410 e. The summed E-state index contributed by atoms with van der Waals surface area (Å²) in [6.07, 6.45) is 0. The van der Waals surface area contributed by atoms with Gasteiger partial charge >= 0.3 is 0 Å². The first-order valence-corrected chi connectivity index (χ1v) is 7.19. The number of rotatable bonds is 5. The molecule has 0 saturated carbocycles. The van der Waals surface area contributed by atoms with Gasteiger partial charge in [-0.25, -0.2) is 0 Å². The normalized spacial score (nSPS) is 10.8. The van der Waals surface area contributed by atoms with E-state index in [2.05, 4.69) is 80.5 Å². The van der Waals surface area contributed by atoms with Crippen LogP contribution in [0.5, 0.6) is 0 Å². The first-order valence-electron chi connectivity index (χ1n) is 7.19. The van der Waals surface area contributed by atoms with Crippen LogP contribution in [0.4, 0.5) is 11.4 Å². The molecule has 0 bridgehead atoms. The quantitative estimate of drug-likeness (QED) is 0.871. The van der Waals surface area contributed by atoms with Crippen LogP contribution >= 0.6 is 0 Å². The van der Waals surface area contributed by atoms with Gasteiger partial charge in [-0.2, -0.15) is 0 Å².